The molecule has 94 valence electrons. The van der Waals surface area contributed by atoms with Crippen molar-refractivity contribution in [3.8, 4) is 0 Å². The molecule has 0 aromatic carbocycles. The van der Waals surface area contributed by atoms with E-state index in [1.165, 1.54) is 7.11 Å². The maximum absolute atomic E-state index is 11.5. The van der Waals surface area contributed by atoms with E-state index in [0.29, 0.717) is 13.0 Å². The second-order valence-corrected chi connectivity index (χ2v) is 3.23. The molecule has 1 amide bonds. The van der Waals surface area contributed by atoms with Crippen LogP contribution in [0.2, 0.25) is 0 Å². The van der Waals surface area contributed by atoms with Crippen LogP contribution in [0.3, 0.4) is 0 Å². The number of carbonyl (C=O) groups excluding carboxylic acids is 1. The van der Waals surface area contributed by atoms with Crippen molar-refractivity contribution in [2.75, 3.05) is 13.7 Å². The van der Waals surface area contributed by atoms with Gasteiger partial charge in [-0.05, 0) is 18.1 Å². The van der Waals surface area contributed by atoms with Crippen molar-refractivity contribution in [1.29, 1.82) is 0 Å². The molecule has 3 N–H and O–H groups in total. The first-order chi connectivity index (χ1) is 8.15. The molecule has 1 rings (SSSR count). The largest absolute Gasteiger partial charge is 0.480 e. The number of carboxylic acid groups (broad SMARTS) is 1. The molecule has 1 aromatic heterocycles. The minimum atomic E-state index is -1.11. The number of ether oxygens (including phenoxy) is 1. The fourth-order valence-corrected chi connectivity index (χ4v) is 1.17. The minimum Gasteiger partial charge on any atom is -0.480 e. The van der Waals surface area contributed by atoms with Crippen LogP contribution in [0.25, 0.3) is 0 Å². The van der Waals surface area contributed by atoms with Gasteiger partial charge in [-0.15, -0.1) is 10.2 Å². The summed E-state index contributed by atoms with van der Waals surface area (Å²) in [4.78, 5) is 22.3. The first kappa shape index (κ1) is 13.0. The molecule has 1 heterocycles. The van der Waals surface area contributed by atoms with Gasteiger partial charge in [-0.25, -0.2) is 4.79 Å². The smallest absolute Gasteiger partial charge is 0.326 e. The number of aromatic nitrogens is 4. The lowest BCUT2D eigenvalue weighted by Gasteiger charge is -2.12. The number of carbonyl (C=O) groups is 2. The quantitative estimate of drug-likeness (QED) is 0.513. The predicted molar refractivity (Wildman–Crippen MR) is 54.2 cm³/mol. The Morgan fingerprint density at radius 1 is 1.59 bits per heavy atom. The zero-order valence-corrected chi connectivity index (χ0v) is 9.21. The summed E-state index contributed by atoms with van der Waals surface area (Å²) < 4.78 is 4.80. The number of carboxylic acids is 1. The van der Waals surface area contributed by atoms with E-state index in [0.717, 1.165) is 0 Å². The lowest BCUT2D eigenvalue weighted by atomic mass is 10.1. The highest BCUT2D eigenvalue weighted by Crippen LogP contribution is 1.99. The number of aliphatic carboxylic acids is 1. The summed E-state index contributed by atoms with van der Waals surface area (Å²) in [6.07, 6.45) is 0.798. The van der Waals surface area contributed by atoms with Crippen LogP contribution >= 0.6 is 0 Å². The number of aromatic amines is 1. The minimum absolute atomic E-state index is 0.192. The number of rotatable bonds is 7. The Labute approximate surface area is 96.5 Å². The second kappa shape index (κ2) is 6.53. The number of hydrogen-bond acceptors (Lipinski definition) is 6. The van der Waals surface area contributed by atoms with E-state index in [1.54, 1.807) is 0 Å². The Bertz CT molecular complexity index is 366. The highest BCUT2D eigenvalue weighted by atomic mass is 16.5. The lowest BCUT2D eigenvalue weighted by Crippen LogP contribution is -2.41. The Hall–Kier alpha value is -2.03. The van der Waals surface area contributed by atoms with Crippen molar-refractivity contribution in [3.63, 3.8) is 0 Å². The van der Waals surface area contributed by atoms with Gasteiger partial charge in [-0.3, -0.25) is 4.79 Å². The normalized spacial score (nSPS) is 12.1. The second-order valence-electron chi connectivity index (χ2n) is 3.23. The predicted octanol–water partition coefficient (Wildman–Crippen LogP) is -1.19. The van der Waals surface area contributed by atoms with Crippen LogP contribution in [0.15, 0.2) is 0 Å². The summed E-state index contributed by atoms with van der Waals surface area (Å²) in [6, 6.07) is -0.990. The number of hydrogen-bond donors (Lipinski definition) is 3. The molecule has 1 atom stereocenters. The van der Waals surface area contributed by atoms with Crippen molar-refractivity contribution < 1.29 is 19.4 Å². The molecule has 0 saturated carbocycles. The molecular weight excluding hydrogens is 230 g/mol. The fourth-order valence-electron chi connectivity index (χ4n) is 1.17. The molecule has 9 heteroatoms. The van der Waals surface area contributed by atoms with Crippen LogP contribution in [-0.2, 0) is 9.53 Å². The summed E-state index contributed by atoms with van der Waals surface area (Å²) in [7, 11) is 1.52. The van der Waals surface area contributed by atoms with E-state index in [1.807, 2.05) is 0 Å². The van der Waals surface area contributed by atoms with Gasteiger partial charge in [0.05, 0.1) is 0 Å². The van der Waals surface area contributed by atoms with E-state index in [9.17, 15) is 9.59 Å². The SMILES string of the molecule is COCCCC(NC(=O)c1nn[nH]n1)C(=O)O. The highest BCUT2D eigenvalue weighted by Gasteiger charge is 2.22. The molecule has 1 unspecified atom stereocenters. The number of nitrogens with zero attached hydrogens (tertiary/aromatic N) is 3. The number of H-pyrrole nitrogens is 1. The molecule has 9 nitrogen and oxygen atoms in total. The maximum atomic E-state index is 11.5. The molecule has 1 aromatic rings. The highest BCUT2D eigenvalue weighted by molar-refractivity contribution is 5.93. The third kappa shape index (κ3) is 4.15. The van der Waals surface area contributed by atoms with Crippen molar-refractivity contribution in [2.45, 2.75) is 18.9 Å². The van der Waals surface area contributed by atoms with Crippen LogP contribution in [0.5, 0.6) is 0 Å². The standard InChI is InChI=1S/C8H13N5O4/c1-17-4-2-3-5(8(15)16)9-7(14)6-10-12-13-11-6/h5H,2-4H2,1H3,(H,9,14)(H,15,16)(H,10,11,12,13). The van der Waals surface area contributed by atoms with Crippen LogP contribution in [0, 0.1) is 0 Å². The van der Waals surface area contributed by atoms with Gasteiger partial charge in [0.1, 0.15) is 6.04 Å². The van der Waals surface area contributed by atoms with Crippen LogP contribution in [0.4, 0.5) is 0 Å². The van der Waals surface area contributed by atoms with E-state index < -0.39 is 17.9 Å². The number of tetrazole rings is 1. The third-order valence-corrected chi connectivity index (χ3v) is 1.99. The molecule has 0 aliphatic carbocycles. The first-order valence-corrected chi connectivity index (χ1v) is 4.91. The zero-order valence-electron chi connectivity index (χ0n) is 9.21. The first-order valence-electron chi connectivity index (χ1n) is 4.91. The number of amides is 1. The summed E-state index contributed by atoms with van der Waals surface area (Å²) in [5.41, 5.74) is 0. The van der Waals surface area contributed by atoms with Gasteiger partial charge in [-0.1, -0.05) is 0 Å². The molecule has 0 saturated heterocycles. The van der Waals surface area contributed by atoms with E-state index in [2.05, 4.69) is 25.9 Å². The fraction of sp³-hybridized carbons (Fsp3) is 0.625. The van der Waals surface area contributed by atoms with Gasteiger partial charge in [0.2, 0.25) is 0 Å². The van der Waals surface area contributed by atoms with Gasteiger partial charge in [0, 0.05) is 13.7 Å². The van der Waals surface area contributed by atoms with Gasteiger partial charge in [-0.2, -0.15) is 5.21 Å². The summed E-state index contributed by atoms with van der Waals surface area (Å²) in [6.45, 7) is 0.432. The molecule has 0 fully saturated rings. The monoisotopic (exact) mass is 243 g/mol. The van der Waals surface area contributed by atoms with Crippen molar-refractivity contribution in [3.05, 3.63) is 5.82 Å². The van der Waals surface area contributed by atoms with Crippen LogP contribution < -0.4 is 5.32 Å². The average Bonchev–Trinajstić information content (AvgIpc) is 2.81. The molecule has 0 bridgehead atoms. The Morgan fingerprint density at radius 2 is 2.35 bits per heavy atom. The number of nitrogens with one attached hydrogen (secondary N) is 2. The molecule has 17 heavy (non-hydrogen) atoms. The Balaban J connectivity index is 2.49. The van der Waals surface area contributed by atoms with Crippen molar-refractivity contribution >= 4 is 11.9 Å². The summed E-state index contributed by atoms with van der Waals surface area (Å²) >= 11 is 0. The van der Waals surface area contributed by atoms with Gasteiger partial charge < -0.3 is 15.2 Å². The molecule has 0 spiro atoms. The average molecular weight is 243 g/mol. The van der Waals surface area contributed by atoms with Crippen molar-refractivity contribution in [2.24, 2.45) is 0 Å². The van der Waals surface area contributed by atoms with Crippen molar-refractivity contribution in [1.82, 2.24) is 25.9 Å². The van der Waals surface area contributed by atoms with E-state index >= 15 is 0 Å². The van der Waals surface area contributed by atoms with E-state index in [-0.39, 0.29) is 12.2 Å². The molecule has 0 aliphatic heterocycles. The van der Waals surface area contributed by atoms with Crippen LogP contribution in [0.1, 0.15) is 23.5 Å². The molecule has 0 aliphatic rings. The molecular formula is C8H13N5O4. The Morgan fingerprint density at radius 3 is 2.88 bits per heavy atom. The third-order valence-electron chi connectivity index (χ3n) is 1.99. The topological polar surface area (TPSA) is 130 Å². The van der Waals surface area contributed by atoms with Gasteiger partial charge in [0.25, 0.3) is 11.7 Å². The lowest BCUT2D eigenvalue weighted by molar-refractivity contribution is -0.139. The number of methoxy groups -OCH3 is 1. The maximum Gasteiger partial charge on any atom is 0.326 e. The van der Waals surface area contributed by atoms with E-state index in [4.69, 9.17) is 9.84 Å². The Kier molecular flexibility index (Phi) is 5.01. The van der Waals surface area contributed by atoms with Gasteiger partial charge >= 0.3 is 5.97 Å². The van der Waals surface area contributed by atoms with Gasteiger partial charge in [0.15, 0.2) is 0 Å². The summed E-state index contributed by atoms with van der Waals surface area (Å²) in [5.74, 6) is -1.98. The molecule has 0 radical (unpaired) electrons. The van der Waals surface area contributed by atoms with Crippen LogP contribution in [-0.4, -0.2) is 57.4 Å². The summed E-state index contributed by atoms with van der Waals surface area (Å²) in [5, 5.41) is 23.4. The zero-order chi connectivity index (χ0) is 12.7.